The third-order valence-corrected chi connectivity index (χ3v) is 4.12. The fraction of sp³-hybridized carbons (Fsp3) is 0.533. The van der Waals surface area contributed by atoms with Gasteiger partial charge in [0.25, 0.3) is 0 Å². The Bertz CT molecular complexity index is 588. The molecular formula is C15H20O5S. The maximum atomic E-state index is 12.0. The highest BCUT2D eigenvalue weighted by molar-refractivity contribution is 7.89. The first-order valence-electron chi connectivity index (χ1n) is 6.99. The third kappa shape index (κ3) is 5.47. The van der Waals surface area contributed by atoms with Crippen LogP contribution in [-0.4, -0.2) is 40.0 Å². The molecule has 21 heavy (non-hydrogen) atoms. The Hall–Kier alpha value is -1.40. The normalized spacial score (nSPS) is 19.2. The minimum Gasteiger partial charge on any atom is -0.459 e. The van der Waals surface area contributed by atoms with Gasteiger partial charge in [-0.05, 0) is 37.0 Å². The number of carbonyl (C=O) groups is 1. The summed E-state index contributed by atoms with van der Waals surface area (Å²) in [5, 5.41) is 0. The van der Waals surface area contributed by atoms with E-state index in [4.69, 9.17) is 9.47 Å². The van der Waals surface area contributed by atoms with Gasteiger partial charge in [0.1, 0.15) is 6.61 Å². The van der Waals surface area contributed by atoms with Crippen molar-refractivity contribution in [1.82, 2.24) is 0 Å². The van der Waals surface area contributed by atoms with Gasteiger partial charge >= 0.3 is 5.97 Å². The van der Waals surface area contributed by atoms with Gasteiger partial charge < -0.3 is 9.47 Å². The topological polar surface area (TPSA) is 69.7 Å². The van der Waals surface area contributed by atoms with Crippen LogP contribution in [0.25, 0.3) is 0 Å². The van der Waals surface area contributed by atoms with Crippen LogP contribution < -0.4 is 0 Å². The summed E-state index contributed by atoms with van der Waals surface area (Å²) in [7, 11) is -3.12. The molecule has 0 aliphatic carbocycles. The summed E-state index contributed by atoms with van der Waals surface area (Å²) in [5.41, 5.74) is 0.952. The first-order valence-corrected chi connectivity index (χ1v) is 9.05. The van der Waals surface area contributed by atoms with Gasteiger partial charge in [-0.2, -0.15) is 0 Å². The van der Waals surface area contributed by atoms with Crippen LogP contribution in [0.4, 0.5) is 0 Å². The number of benzene rings is 1. The fourth-order valence-corrected chi connectivity index (χ4v) is 3.07. The van der Waals surface area contributed by atoms with E-state index in [2.05, 4.69) is 0 Å². The van der Waals surface area contributed by atoms with E-state index in [-0.39, 0.29) is 18.5 Å². The van der Waals surface area contributed by atoms with Gasteiger partial charge in [0.15, 0.2) is 9.84 Å². The lowest BCUT2D eigenvalue weighted by atomic mass is 10.1. The average Bonchev–Trinajstić information content (AvgIpc) is 2.44. The first-order chi connectivity index (χ1) is 9.94. The van der Waals surface area contributed by atoms with E-state index < -0.39 is 15.8 Å². The van der Waals surface area contributed by atoms with Crippen LogP contribution in [0.3, 0.4) is 0 Å². The Balaban J connectivity index is 1.94. The quantitative estimate of drug-likeness (QED) is 0.777. The number of sulfone groups is 1. The molecular weight excluding hydrogens is 292 g/mol. The molecule has 0 radical (unpaired) electrons. The molecule has 0 saturated carbocycles. The fourth-order valence-electron chi connectivity index (χ4n) is 2.28. The molecule has 116 valence electrons. The van der Waals surface area contributed by atoms with Crippen molar-refractivity contribution in [3.63, 3.8) is 0 Å². The second-order valence-corrected chi connectivity index (χ2v) is 7.50. The summed E-state index contributed by atoms with van der Waals surface area (Å²) in [6.07, 6.45) is 4.19. The molecule has 2 rings (SSSR count). The van der Waals surface area contributed by atoms with Crippen LogP contribution >= 0.6 is 0 Å². The monoisotopic (exact) mass is 312 g/mol. The van der Waals surface area contributed by atoms with Gasteiger partial charge in [0, 0.05) is 12.9 Å². The van der Waals surface area contributed by atoms with Crippen molar-refractivity contribution < 1.29 is 22.7 Å². The molecule has 5 nitrogen and oxygen atoms in total. The van der Waals surface area contributed by atoms with Crippen molar-refractivity contribution in [2.75, 3.05) is 19.5 Å². The highest BCUT2D eigenvalue weighted by Crippen LogP contribution is 2.14. The first kappa shape index (κ1) is 16.0. The Morgan fingerprint density at radius 2 is 2.19 bits per heavy atom. The summed E-state index contributed by atoms with van der Waals surface area (Å²) in [6.45, 7) is 0.960. The van der Waals surface area contributed by atoms with E-state index in [1.807, 2.05) is 0 Å². The molecule has 6 heteroatoms. The molecule has 0 amide bonds. The zero-order valence-electron chi connectivity index (χ0n) is 12.1. The van der Waals surface area contributed by atoms with Gasteiger partial charge in [-0.3, -0.25) is 0 Å². The molecule has 0 spiro atoms. The van der Waals surface area contributed by atoms with E-state index in [0.717, 1.165) is 19.3 Å². The summed E-state index contributed by atoms with van der Waals surface area (Å²) in [4.78, 5) is 12.0. The third-order valence-electron chi connectivity index (χ3n) is 3.27. The zero-order valence-corrected chi connectivity index (χ0v) is 12.9. The van der Waals surface area contributed by atoms with Crippen LogP contribution in [0.15, 0.2) is 24.3 Å². The second kappa shape index (κ2) is 7.04. The Kier molecular flexibility index (Phi) is 5.36. The SMILES string of the molecule is CS(=O)(=O)Cc1cccc(C(=O)OCC2CCCCO2)c1. The van der Waals surface area contributed by atoms with Crippen LogP contribution in [-0.2, 0) is 25.1 Å². The van der Waals surface area contributed by atoms with Crippen molar-refractivity contribution in [2.24, 2.45) is 0 Å². The predicted octanol–water partition coefficient (Wildman–Crippen LogP) is 1.96. The molecule has 0 bridgehead atoms. The molecule has 1 atom stereocenters. The number of esters is 1. The van der Waals surface area contributed by atoms with Crippen molar-refractivity contribution in [2.45, 2.75) is 31.1 Å². The van der Waals surface area contributed by atoms with Crippen molar-refractivity contribution in [1.29, 1.82) is 0 Å². The van der Waals surface area contributed by atoms with Gasteiger partial charge in [0.05, 0.1) is 17.4 Å². The van der Waals surface area contributed by atoms with Gasteiger partial charge in [-0.15, -0.1) is 0 Å². The summed E-state index contributed by atoms with van der Waals surface area (Å²) in [5.74, 6) is -0.528. The second-order valence-electron chi connectivity index (χ2n) is 5.36. The number of rotatable bonds is 5. The highest BCUT2D eigenvalue weighted by atomic mass is 32.2. The molecule has 1 aliphatic rings. The van der Waals surface area contributed by atoms with Crippen LogP contribution in [0.1, 0.15) is 35.2 Å². The van der Waals surface area contributed by atoms with Crippen LogP contribution in [0.5, 0.6) is 0 Å². The lowest BCUT2D eigenvalue weighted by molar-refractivity contribution is -0.0300. The number of carbonyl (C=O) groups excluding carboxylic acids is 1. The van der Waals surface area contributed by atoms with Crippen LogP contribution in [0.2, 0.25) is 0 Å². The van der Waals surface area contributed by atoms with Gasteiger partial charge in [0.2, 0.25) is 0 Å². The molecule has 1 aromatic carbocycles. The summed E-state index contributed by atoms with van der Waals surface area (Å²) in [6, 6.07) is 6.53. The van der Waals surface area contributed by atoms with Crippen LogP contribution in [0, 0.1) is 0 Å². The Morgan fingerprint density at radius 3 is 2.86 bits per heavy atom. The van der Waals surface area contributed by atoms with Crippen molar-refractivity contribution in [3.8, 4) is 0 Å². The van der Waals surface area contributed by atoms with Gasteiger partial charge in [-0.1, -0.05) is 12.1 Å². The Labute approximate surface area is 125 Å². The average molecular weight is 312 g/mol. The Morgan fingerprint density at radius 1 is 1.38 bits per heavy atom. The minimum atomic E-state index is -3.12. The van der Waals surface area contributed by atoms with E-state index in [1.165, 1.54) is 6.26 Å². The minimum absolute atomic E-state index is 0.0260. The van der Waals surface area contributed by atoms with Crippen molar-refractivity contribution in [3.05, 3.63) is 35.4 Å². The van der Waals surface area contributed by atoms with E-state index in [0.29, 0.717) is 17.7 Å². The maximum absolute atomic E-state index is 12.0. The van der Waals surface area contributed by atoms with E-state index in [1.54, 1.807) is 24.3 Å². The molecule has 1 heterocycles. The molecule has 1 saturated heterocycles. The zero-order chi connectivity index (χ0) is 15.3. The molecule has 0 aromatic heterocycles. The number of hydrogen-bond acceptors (Lipinski definition) is 5. The summed E-state index contributed by atoms with van der Waals surface area (Å²) < 4.78 is 33.3. The van der Waals surface area contributed by atoms with Gasteiger partial charge in [-0.25, -0.2) is 13.2 Å². The summed E-state index contributed by atoms with van der Waals surface area (Å²) >= 11 is 0. The molecule has 0 N–H and O–H groups in total. The molecule has 1 aromatic rings. The lowest BCUT2D eigenvalue weighted by Crippen LogP contribution is -2.26. The van der Waals surface area contributed by atoms with E-state index >= 15 is 0 Å². The lowest BCUT2D eigenvalue weighted by Gasteiger charge is -2.22. The maximum Gasteiger partial charge on any atom is 0.338 e. The molecule has 1 unspecified atom stereocenters. The van der Waals surface area contributed by atoms with E-state index in [9.17, 15) is 13.2 Å². The predicted molar refractivity (Wildman–Crippen MR) is 78.9 cm³/mol. The highest BCUT2D eigenvalue weighted by Gasteiger charge is 2.17. The smallest absolute Gasteiger partial charge is 0.338 e. The molecule has 1 aliphatic heterocycles. The molecule has 1 fully saturated rings. The number of ether oxygens (including phenoxy) is 2. The largest absolute Gasteiger partial charge is 0.459 e. The number of hydrogen-bond donors (Lipinski definition) is 0. The standard InChI is InChI=1S/C15H20O5S/c1-21(17,18)11-12-5-4-6-13(9-12)15(16)20-10-14-7-2-3-8-19-14/h4-6,9,14H,2-3,7-8,10-11H2,1H3. The van der Waals surface area contributed by atoms with Crippen molar-refractivity contribution >= 4 is 15.8 Å².